The number of aryl methyl sites for hydroxylation is 1. The lowest BCUT2D eigenvalue weighted by Gasteiger charge is -2.15. The predicted molar refractivity (Wildman–Crippen MR) is 110 cm³/mol. The van der Waals surface area contributed by atoms with E-state index in [-0.39, 0.29) is 24.1 Å². The van der Waals surface area contributed by atoms with Gasteiger partial charge in [-0.3, -0.25) is 9.59 Å². The van der Waals surface area contributed by atoms with Crippen LogP contribution in [-0.2, 0) is 16.1 Å². The van der Waals surface area contributed by atoms with Crippen molar-refractivity contribution in [3.05, 3.63) is 29.5 Å². The highest BCUT2D eigenvalue weighted by Gasteiger charge is 2.17. The maximum atomic E-state index is 12.2. The molecule has 2 aromatic rings. The first-order chi connectivity index (χ1) is 13.9. The summed E-state index contributed by atoms with van der Waals surface area (Å²) < 4.78 is 20.8. The molecule has 9 nitrogen and oxygen atoms in total. The highest BCUT2D eigenvalue weighted by atomic mass is 32.2. The average molecular weight is 423 g/mol. The second-order valence-corrected chi connectivity index (χ2v) is 7.39. The Morgan fingerprint density at radius 1 is 1.10 bits per heavy atom. The average Bonchev–Trinajstić information content (AvgIpc) is 3.13. The number of thioether (sulfide) groups is 1. The van der Waals surface area contributed by atoms with E-state index in [1.54, 1.807) is 39.2 Å². The van der Waals surface area contributed by atoms with Crippen LogP contribution in [0.25, 0.3) is 0 Å². The highest BCUT2D eigenvalue weighted by Crippen LogP contribution is 2.34. The van der Waals surface area contributed by atoms with Gasteiger partial charge in [0.1, 0.15) is 11.5 Å². The number of rotatable bonds is 10. The number of carbonyl (C=O) groups excluding carboxylic acids is 2. The summed E-state index contributed by atoms with van der Waals surface area (Å²) in [6.45, 7) is 3.71. The van der Waals surface area contributed by atoms with Crippen molar-refractivity contribution in [3.8, 4) is 17.2 Å². The number of aromatic nitrogens is 1. The van der Waals surface area contributed by atoms with Crippen molar-refractivity contribution in [1.29, 1.82) is 0 Å². The molecule has 1 aromatic carbocycles. The zero-order valence-electron chi connectivity index (χ0n) is 17.0. The van der Waals surface area contributed by atoms with Crippen molar-refractivity contribution in [3.63, 3.8) is 0 Å². The Bertz CT molecular complexity index is 854. The van der Waals surface area contributed by atoms with Gasteiger partial charge >= 0.3 is 0 Å². The smallest absolute Gasteiger partial charge is 0.238 e. The van der Waals surface area contributed by atoms with E-state index in [1.807, 2.05) is 0 Å². The van der Waals surface area contributed by atoms with Crippen molar-refractivity contribution < 1.29 is 28.3 Å². The fourth-order valence-corrected chi connectivity index (χ4v) is 3.12. The van der Waals surface area contributed by atoms with Crippen LogP contribution in [0.2, 0.25) is 0 Å². The molecule has 0 aliphatic carbocycles. The minimum atomic E-state index is -0.437. The van der Waals surface area contributed by atoms with Crippen molar-refractivity contribution in [1.82, 2.24) is 10.5 Å². The van der Waals surface area contributed by atoms with Gasteiger partial charge in [-0.1, -0.05) is 5.16 Å². The van der Waals surface area contributed by atoms with Gasteiger partial charge in [-0.25, -0.2) is 0 Å². The fraction of sp³-hybridized carbons (Fsp3) is 0.421. The van der Waals surface area contributed by atoms with Crippen molar-refractivity contribution in [2.75, 3.05) is 32.4 Å². The molecule has 0 radical (unpaired) electrons. The lowest BCUT2D eigenvalue weighted by molar-refractivity contribution is -0.118. The Labute approximate surface area is 173 Å². The van der Waals surface area contributed by atoms with Crippen LogP contribution in [0.1, 0.15) is 18.2 Å². The Kier molecular flexibility index (Phi) is 8.20. The van der Waals surface area contributed by atoms with Gasteiger partial charge in [0.25, 0.3) is 0 Å². The zero-order valence-corrected chi connectivity index (χ0v) is 17.8. The van der Waals surface area contributed by atoms with E-state index >= 15 is 0 Å². The molecular weight excluding hydrogens is 398 g/mol. The van der Waals surface area contributed by atoms with Crippen molar-refractivity contribution in [2.24, 2.45) is 0 Å². The number of hydrogen-bond donors (Lipinski definition) is 2. The number of carbonyl (C=O) groups is 2. The van der Waals surface area contributed by atoms with E-state index in [1.165, 1.54) is 26.0 Å². The third kappa shape index (κ3) is 6.31. The lowest BCUT2D eigenvalue weighted by atomic mass is 10.1. The third-order valence-electron chi connectivity index (χ3n) is 3.98. The van der Waals surface area contributed by atoms with Crippen LogP contribution in [0.5, 0.6) is 17.2 Å². The predicted octanol–water partition coefficient (Wildman–Crippen LogP) is 2.39. The summed E-state index contributed by atoms with van der Waals surface area (Å²) in [4.78, 5) is 24.3. The lowest BCUT2D eigenvalue weighted by Crippen LogP contribution is -2.28. The molecule has 2 N–H and O–H groups in total. The van der Waals surface area contributed by atoms with Gasteiger partial charge in [0.05, 0.1) is 32.3 Å². The van der Waals surface area contributed by atoms with Gasteiger partial charge in [0.2, 0.25) is 11.8 Å². The maximum absolute atomic E-state index is 12.2. The topological polar surface area (TPSA) is 112 Å². The Morgan fingerprint density at radius 2 is 1.76 bits per heavy atom. The van der Waals surface area contributed by atoms with Gasteiger partial charge in [-0.2, -0.15) is 0 Å². The van der Waals surface area contributed by atoms with Crippen LogP contribution >= 0.6 is 11.8 Å². The van der Waals surface area contributed by atoms with Crippen LogP contribution in [0.3, 0.4) is 0 Å². The van der Waals surface area contributed by atoms with E-state index in [9.17, 15) is 9.59 Å². The Hall–Kier alpha value is -2.88. The molecule has 1 heterocycles. The summed E-state index contributed by atoms with van der Waals surface area (Å²) in [5.41, 5.74) is 0.746. The summed E-state index contributed by atoms with van der Waals surface area (Å²) in [5.74, 6) is 2.28. The van der Waals surface area contributed by atoms with E-state index in [4.69, 9.17) is 18.7 Å². The molecule has 0 bridgehead atoms. The van der Waals surface area contributed by atoms with E-state index in [0.717, 1.165) is 5.56 Å². The van der Waals surface area contributed by atoms with Crippen LogP contribution in [0.4, 0.5) is 5.82 Å². The molecule has 0 spiro atoms. The summed E-state index contributed by atoms with van der Waals surface area (Å²) in [7, 11) is 4.62. The number of hydrogen-bond acceptors (Lipinski definition) is 8. The van der Waals surface area contributed by atoms with Crippen LogP contribution in [-0.4, -0.2) is 49.3 Å². The molecule has 0 fully saturated rings. The van der Waals surface area contributed by atoms with E-state index in [0.29, 0.717) is 28.8 Å². The zero-order chi connectivity index (χ0) is 21.4. The first-order valence-corrected chi connectivity index (χ1v) is 9.84. The number of nitrogens with zero attached hydrogens (tertiary/aromatic N) is 1. The normalized spacial score (nSPS) is 11.5. The number of methoxy groups -OCH3 is 3. The second kappa shape index (κ2) is 10.6. The third-order valence-corrected chi connectivity index (χ3v) is 5.12. The maximum Gasteiger partial charge on any atom is 0.238 e. The Balaban J connectivity index is 1.85. The van der Waals surface area contributed by atoms with Crippen molar-refractivity contribution in [2.45, 2.75) is 25.6 Å². The molecule has 10 heteroatoms. The van der Waals surface area contributed by atoms with Crippen LogP contribution in [0.15, 0.2) is 22.7 Å². The van der Waals surface area contributed by atoms with E-state index < -0.39 is 5.25 Å². The Morgan fingerprint density at radius 3 is 2.34 bits per heavy atom. The quantitative estimate of drug-likeness (QED) is 0.599. The number of ether oxygens (including phenoxy) is 3. The van der Waals surface area contributed by atoms with Gasteiger partial charge in [0.15, 0.2) is 17.3 Å². The molecule has 0 aliphatic heterocycles. The molecule has 29 heavy (non-hydrogen) atoms. The summed E-state index contributed by atoms with van der Waals surface area (Å²) in [6, 6.07) is 5.08. The molecule has 1 aromatic heterocycles. The van der Waals surface area contributed by atoms with Crippen LogP contribution in [0, 0.1) is 6.92 Å². The van der Waals surface area contributed by atoms with Gasteiger partial charge in [-0.05, 0) is 19.9 Å². The van der Waals surface area contributed by atoms with Gasteiger partial charge in [-0.15, -0.1) is 11.8 Å². The standard InChI is InChI=1S/C19H25N3O6S/c1-11-6-17(22-28-11)21-19(24)12(2)29-10-18(23)20-9-13-7-15(26-4)16(27-5)8-14(13)25-3/h6-8,12H,9-10H2,1-5H3,(H,20,23)(H,21,22,24)/t12-/m1/s1. The number of anilines is 1. The number of amides is 2. The van der Waals surface area contributed by atoms with Crippen LogP contribution < -0.4 is 24.8 Å². The molecule has 0 saturated heterocycles. The summed E-state index contributed by atoms with van der Waals surface area (Å²) in [6.07, 6.45) is 0. The number of benzene rings is 1. The first kappa shape index (κ1) is 22.4. The largest absolute Gasteiger partial charge is 0.496 e. The molecule has 2 amide bonds. The monoisotopic (exact) mass is 423 g/mol. The molecule has 0 unspecified atom stereocenters. The van der Waals surface area contributed by atoms with Gasteiger partial charge in [0, 0.05) is 24.2 Å². The molecule has 0 saturated carbocycles. The summed E-state index contributed by atoms with van der Waals surface area (Å²) in [5, 5.41) is 8.73. The molecular formula is C19H25N3O6S. The highest BCUT2D eigenvalue weighted by molar-refractivity contribution is 8.01. The SMILES string of the molecule is COc1cc(OC)c(OC)cc1CNC(=O)CS[C@H](C)C(=O)Nc1cc(C)on1. The van der Waals surface area contributed by atoms with Gasteiger partial charge < -0.3 is 29.4 Å². The van der Waals surface area contributed by atoms with Crippen molar-refractivity contribution >= 4 is 29.4 Å². The molecule has 158 valence electrons. The minimum Gasteiger partial charge on any atom is -0.496 e. The fourth-order valence-electron chi connectivity index (χ4n) is 2.40. The summed E-state index contributed by atoms with van der Waals surface area (Å²) >= 11 is 1.22. The number of nitrogens with one attached hydrogen (secondary N) is 2. The van der Waals surface area contributed by atoms with E-state index in [2.05, 4.69) is 15.8 Å². The molecule has 1 atom stereocenters. The first-order valence-electron chi connectivity index (χ1n) is 8.79. The molecule has 0 aliphatic rings. The minimum absolute atomic E-state index is 0.127. The molecule has 2 rings (SSSR count). The second-order valence-electron chi connectivity index (χ2n) is 6.06.